The molecule has 0 spiro atoms. The molecule has 194 valence electrons. The molecule has 1 aromatic heterocycles. The van der Waals surface area contributed by atoms with Crippen molar-refractivity contribution in [3.8, 4) is 0 Å². The average Bonchev–Trinajstić information content (AvgIpc) is 3.26. The molecule has 0 aliphatic heterocycles. The van der Waals surface area contributed by atoms with E-state index in [1.807, 2.05) is 18.2 Å². The fourth-order valence-electron chi connectivity index (χ4n) is 4.18. The van der Waals surface area contributed by atoms with E-state index >= 15 is 0 Å². The highest BCUT2D eigenvalue weighted by Crippen LogP contribution is 2.38. The van der Waals surface area contributed by atoms with Crippen LogP contribution in [0, 0.1) is 0 Å². The second-order valence-electron chi connectivity index (χ2n) is 9.02. The molecule has 1 unspecified atom stereocenters. The molecule has 8 nitrogen and oxygen atoms in total. The summed E-state index contributed by atoms with van der Waals surface area (Å²) in [6.45, 7) is 2.62. The zero-order valence-electron chi connectivity index (χ0n) is 20.9. The largest absolute Gasteiger partial charge is 0.481 e. The fourth-order valence-corrected chi connectivity index (χ4v) is 5.35. The number of thioether (sulfide) groups is 1. The Hall–Kier alpha value is -2.42. The van der Waals surface area contributed by atoms with E-state index in [4.69, 9.17) is 5.11 Å². The van der Waals surface area contributed by atoms with Crippen molar-refractivity contribution < 1.29 is 19.8 Å². The lowest BCUT2D eigenvalue weighted by atomic mass is 9.97. The summed E-state index contributed by atoms with van der Waals surface area (Å²) in [5, 5.41) is 30.4. The molecular weight excluding hydrogens is 464 g/mol. The van der Waals surface area contributed by atoms with Crippen LogP contribution in [0.4, 0.5) is 0 Å². The van der Waals surface area contributed by atoms with Crippen molar-refractivity contribution >= 4 is 23.7 Å². The maximum Gasteiger partial charge on any atom is 0.304 e. The number of nitrogens with zero attached hydrogens (tertiary/aromatic N) is 4. The number of aromatic nitrogens is 4. The summed E-state index contributed by atoms with van der Waals surface area (Å²) in [5.74, 6) is -1.74. The summed E-state index contributed by atoms with van der Waals surface area (Å²) < 4.78 is 1.56. The monoisotopic (exact) mass is 504 g/mol. The highest BCUT2D eigenvalue weighted by molar-refractivity contribution is 7.99. The van der Waals surface area contributed by atoms with Crippen molar-refractivity contribution in [3.63, 3.8) is 0 Å². The van der Waals surface area contributed by atoms with Crippen LogP contribution in [0.3, 0.4) is 0 Å². The first-order valence-corrected chi connectivity index (χ1v) is 13.8. The van der Waals surface area contributed by atoms with Crippen LogP contribution in [0.2, 0.25) is 0 Å². The van der Waals surface area contributed by atoms with Crippen LogP contribution in [0.25, 0.3) is 0 Å². The molecule has 0 saturated heterocycles. The van der Waals surface area contributed by atoms with Crippen LogP contribution < -0.4 is 0 Å². The summed E-state index contributed by atoms with van der Waals surface area (Å²) in [5.41, 5.74) is 2.19. The lowest BCUT2D eigenvalue weighted by molar-refractivity contribution is -0.138. The van der Waals surface area contributed by atoms with Gasteiger partial charge in [-0.3, -0.25) is 9.59 Å². The Morgan fingerprint density at radius 1 is 0.914 bits per heavy atom. The number of tetrazole rings is 1. The zero-order chi connectivity index (χ0) is 25.3. The van der Waals surface area contributed by atoms with E-state index in [-0.39, 0.29) is 18.1 Å². The van der Waals surface area contributed by atoms with E-state index in [1.165, 1.54) is 75.1 Å². The van der Waals surface area contributed by atoms with Crippen molar-refractivity contribution in [2.45, 2.75) is 114 Å². The third kappa shape index (κ3) is 11.7. The van der Waals surface area contributed by atoms with Gasteiger partial charge in [-0.15, -0.1) is 5.10 Å². The lowest BCUT2D eigenvalue weighted by Crippen LogP contribution is -2.09. The number of rotatable bonds is 20. The smallest absolute Gasteiger partial charge is 0.304 e. The number of aliphatic carboxylic acids is 2. The standard InChI is InChI=1S/C26H40N4O4S/c1-2-3-4-5-6-7-8-9-10-11-15-21-16-12-13-17-22(21)23(20-25(33)34)35-26-27-28-29-30(26)19-14-18-24(31)32/h12-13,16-17,23H,2-11,14-15,18-20H2,1H3,(H,31,32)(H,33,34). The normalized spacial score (nSPS) is 12.0. The van der Waals surface area contributed by atoms with Crippen molar-refractivity contribution in [2.75, 3.05) is 0 Å². The molecule has 1 aromatic carbocycles. The molecule has 0 fully saturated rings. The van der Waals surface area contributed by atoms with Gasteiger partial charge in [0.05, 0.1) is 6.42 Å². The topological polar surface area (TPSA) is 118 Å². The average molecular weight is 505 g/mol. The first-order chi connectivity index (χ1) is 17.0. The van der Waals surface area contributed by atoms with Crippen molar-refractivity contribution in [2.24, 2.45) is 0 Å². The second kappa shape index (κ2) is 17.1. The van der Waals surface area contributed by atoms with Gasteiger partial charge in [0.1, 0.15) is 0 Å². The number of aryl methyl sites for hydroxylation is 2. The number of hydrogen-bond donors (Lipinski definition) is 2. The van der Waals surface area contributed by atoms with Crippen LogP contribution in [0.1, 0.15) is 107 Å². The molecule has 1 atom stereocenters. The van der Waals surface area contributed by atoms with Gasteiger partial charge in [0.15, 0.2) is 0 Å². The Balaban J connectivity index is 1.92. The molecule has 0 bridgehead atoms. The molecule has 0 aliphatic carbocycles. The van der Waals surface area contributed by atoms with Gasteiger partial charge in [0, 0.05) is 18.2 Å². The van der Waals surface area contributed by atoms with E-state index in [0.717, 1.165) is 18.4 Å². The third-order valence-electron chi connectivity index (χ3n) is 6.07. The molecule has 0 saturated carbocycles. The van der Waals surface area contributed by atoms with Crippen LogP contribution in [0.5, 0.6) is 0 Å². The van der Waals surface area contributed by atoms with Gasteiger partial charge >= 0.3 is 11.9 Å². The second-order valence-corrected chi connectivity index (χ2v) is 10.2. The first kappa shape index (κ1) is 28.8. The van der Waals surface area contributed by atoms with E-state index in [1.54, 1.807) is 4.68 Å². The van der Waals surface area contributed by atoms with Gasteiger partial charge in [0.2, 0.25) is 5.16 Å². The Morgan fingerprint density at radius 2 is 1.57 bits per heavy atom. The van der Waals surface area contributed by atoms with Crippen molar-refractivity contribution in [1.82, 2.24) is 20.2 Å². The highest BCUT2D eigenvalue weighted by Gasteiger charge is 2.23. The molecule has 0 aliphatic rings. The van der Waals surface area contributed by atoms with Gasteiger partial charge in [0.25, 0.3) is 0 Å². The number of benzene rings is 1. The molecule has 9 heteroatoms. The minimum absolute atomic E-state index is 0.0320. The van der Waals surface area contributed by atoms with Gasteiger partial charge in [-0.05, 0) is 40.8 Å². The van der Waals surface area contributed by atoms with Crippen LogP contribution >= 0.6 is 11.8 Å². The third-order valence-corrected chi connectivity index (χ3v) is 7.28. The van der Waals surface area contributed by atoms with Gasteiger partial charge in [-0.2, -0.15) is 0 Å². The number of carboxylic acids is 2. The number of unbranched alkanes of at least 4 members (excludes halogenated alkanes) is 9. The van der Waals surface area contributed by atoms with E-state index in [0.29, 0.717) is 18.1 Å². The maximum absolute atomic E-state index is 11.7. The van der Waals surface area contributed by atoms with Gasteiger partial charge < -0.3 is 10.2 Å². The van der Waals surface area contributed by atoms with Crippen LogP contribution in [0.15, 0.2) is 29.4 Å². The predicted octanol–water partition coefficient (Wildman–Crippen LogP) is 6.31. The van der Waals surface area contributed by atoms with Crippen LogP contribution in [-0.2, 0) is 22.6 Å². The molecule has 1 heterocycles. The van der Waals surface area contributed by atoms with E-state index in [2.05, 4.69) is 28.5 Å². The molecule has 35 heavy (non-hydrogen) atoms. The lowest BCUT2D eigenvalue weighted by Gasteiger charge is -2.18. The minimum atomic E-state index is -0.874. The van der Waals surface area contributed by atoms with Crippen LogP contribution in [-0.4, -0.2) is 42.4 Å². The summed E-state index contributed by atoms with van der Waals surface area (Å²) in [7, 11) is 0. The summed E-state index contributed by atoms with van der Waals surface area (Å²) >= 11 is 1.33. The Labute approximate surface area is 212 Å². The number of carbonyl (C=O) groups is 2. The summed E-state index contributed by atoms with van der Waals surface area (Å²) in [4.78, 5) is 22.5. The van der Waals surface area contributed by atoms with Gasteiger partial charge in [-0.25, -0.2) is 4.68 Å². The quantitative estimate of drug-likeness (QED) is 0.159. The molecular formula is C26H40N4O4S. The molecule has 0 amide bonds. The van der Waals surface area contributed by atoms with Gasteiger partial charge in [-0.1, -0.05) is 101 Å². The fraction of sp³-hybridized carbons (Fsp3) is 0.654. The van der Waals surface area contributed by atoms with E-state index in [9.17, 15) is 14.7 Å². The minimum Gasteiger partial charge on any atom is -0.481 e. The molecule has 0 radical (unpaired) electrons. The zero-order valence-corrected chi connectivity index (χ0v) is 21.7. The molecule has 2 aromatic rings. The maximum atomic E-state index is 11.7. The van der Waals surface area contributed by atoms with E-state index < -0.39 is 11.9 Å². The highest BCUT2D eigenvalue weighted by atomic mass is 32.2. The Morgan fingerprint density at radius 3 is 2.23 bits per heavy atom. The van der Waals surface area contributed by atoms with Crippen molar-refractivity contribution in [3.05, 3.63) is 35.4 Å². The SMILES string of the molecule is CCCCCCCCCCCCc1ccccc1C(CC(=O)O)Sc1nnnn1CCCC(=O)O. The first-order valence-electron chi connectivity index (χ1n) is 13.0. The molecule has 2 N–H and O–H groups in total. The molecule has 2 rings (SSSR count). The summed E-state index contributed by atoms with van der Waals surface area (Å²) in [6.07, 6.45) is 14.1. The number of carboxylic acid groups (broad SMARTS) is 2. The summed E-state index contributed by atoms with van der Waals surface area (Å²) in [6, 6.07) is 8.05. The van der Waals surface area contributed by atoms with Crippen molar-refractivity contribution in [1.29, 1.82) is 0 Å². The number of hydrogen-bond acceptors (Lipinski definition) is 6. The predicted molar refractivity (Wildman–Crippen MR) is 138 cm³/mol. The Kier molecular flexibility index (Phi) is 14.1. The Bertz CT molecular complexity index is 890.